The van der Waals surface area contributed by atoms with Crippen molar-refractivity contribution in [1.82, 2.24) is 4.98 Å². The van der Waals surface area contributed by atoms with Gasteiger partial charge in [-0.25, -0.2) is 4.39 Å². The number of hydrogen-bond acceptors (Lipinski definition) is 2. The molecule has 14 heavy (non-hydrogen) atoms. The quantitative estimate of drug-likeness (QED) is 0.748. The van der Waals surface area contributed by atoms with Crippen molar-refractivity contribution in [2.75, 3.05) is 7.11 Å². The first kappa shape index (κ1) is 8.74. The first-order chi connectivity index (χ1) is 6.70. The summed E-state index contributed by atoms with van der Waals surface area (Å²) >= 11 is 0. The van der Waals surface area contributed by atoms with Gasteiger partial charge < -0.3 is 4.74 Å². The van der Waals surface area contributed by atoms with E-state index in [0.29, 0.717) is 16.7 Å². The van der Waals surface area contributed by atoms with Crippen LogP contribution >= 0.6 is 0 Å². The molecule has 1 N–H and O–H groups in total. The van der Waals surface area contributed by atoms with E-state index in [-0.39, 0.29) is 11.4 Å². The van der Waals surface area contributed by atoms with Gasteiger partial charge in [0.15, 0.2) is 5.88 Å². The molecule has 0 saturated carbocycles. The number of methoxy groups -OCH3 is 1. The van der Waals surface area contributed by atoms with Crippen LogP contribution in [0, 0.1) is 5.82 Å². The number of benzene rings is 1. The van der Waals surface area contributed by atoms with Crippen LogP contribution in [0.1, 0.15) is 0 Å². The van der Waals surface area contributed by atoms with Crippen LogP contribution in [-0.4, -0.2) is 12.1 Å². The minimum absolute atomic E-state index is 0.278. The van der Waals surface area contributed by atoms with Gasteiger partial charge in [-0.05, 0) is 23.6 Å². The molecule has 2 rings (SSSR count). The molecule has 0 saturated heterocycles. The Kier molecular flexibility index (Phi) is 1.96. The number of nitrogens with one attached hydrogen (secondary N) is 1. The van der Waals surface area contributed by atoms with Crippen LogP contribution in [0.25, 0.3) is 10.8 Å². The number of H-pyrrole nitrogens is 1. The van der Waals surface area contributed by atoms with E-state index in [0.717, 1.165) is 0 Å². The zero-order valence-electron chi connectivity index (χ0n) is 7.50. The monoisotopic (exact) mass is 193 g/mol. The van der Waals surface area contributed by atoms with Crippen molar-refractivity contribution in [3.8, 4) is 5.88 Å². The molecule has 4 heteroatoms. The Balaban J connectivity index is 2.84. The molecular formula is C10H8FNO2. The number of pyridine rings is 1. The Hall–Kier alpha value is -1.84. The minimum atomic E-state index is -0.370. The fourth-order valence-electron chi connectivity index (χ4n) is 1.33. The number of aromatic amines is 1. The largest absolute Gasteiger partial charge is 0.482 e. The highest BCUT2D eigenvalue weighted by molar-refractivity contribution is 5.82. The molecular weight excluding hydrogens is 185 g/mol. The zero-order valence-corrected chi connectivity index (χ0v) is 7.50. The summed E-state index contributed by atoms with van der Waals surface area (Å²) in [5, 5.41) is 0.984. The van der Waals surface area contributed by atoms with Crippen LogP contribution in [0.5, 0.6) is 5.88 Å². The maximum absolute atomic E-state index is 12.9. The van der Waals surface area contributed by atoms with Crippen molar-refractivity contribution in [1.29, 1.82) is 0 Å². The molecule has 0 unspecified atom stereocenters. The predicted octanol–water partition coefficient (Wildman–Crippen LogP) is 1.68. The van der Waals surface area contributed by atoms with Crippen LogP contribution < -0.4 is 10.3 Å². The Labute approximate surface area is 79.1 Å². The lowest BCUT2D eigenvalue weighted by molar-refractivity contribution is 0.397. The molecule has 0 aliphatic rings. The number of hydrogen-bond donors (Lipinski definition) is 1. The smallest absolute Gasteiger partial charge is 0.258 e. The summed E-state index contributed by atoms with van der Waals surface area (Å²) in [5.74, 6) is -0.0433. The molecule has 0 aliphatic heterocycles. The molecule has 0 atom stereocenters. The van der Waals surface area contributed by atoms with Crippen molar-refractivity contribution in [3.05, 3.63) is 40.4 Å². The van der Waals surface area contributed by atoms with Gasteiger partial charge in [0.05, 0.1) is 7.11 Å². The van der Waals surface area contributed by atoms with Gasteiger partial charge in [0.1, 0.15) is 5.82 Å². The summed E-state index contributed by atoms with van der Waals surface area (Å²) in [4.78, 5) is 13.9. The summed E-state index contributed by atoms with van der Waals surface area (Å²) in [7, 11) is 1.44. The van der Waals surface area contributed by atoms with E-state index in [1.807, 2.05) is 0 Å². The van der Waals surface area contributed by atoms with E-state index in [2.05, 4.69) is 4.98 Å². The average Bonchev–Trinajstić information content (AvgIpc) is 2.16. The fraction of sp³-hybridized carbons (Fsp3) is 0.100. The van der Waals surface area contributed by atoms with Crippen LogP contribution in [0.4, 0.5) is 4.39 Å². The van der Waals surface area contributed by atoms with Gasteiger partial charge >= 0.3 is 0 Å². The van der Waals surface area contributed by atoms with E-state index < -0.39 is 0 Å². The number of ether oxygens (including phenoxy) is 1. The number of fused-ring (bicyclic) bond motifs is 1. The second-order valence-corrected chi connectivity index (χ2v) is 2.90. The summed E-state index contributed by atoms with van der Waals surface area (Å²) in [6.07, 6.45) is 0. The average molecular weight is 193 g/mol. The second kappa shape index (κ2) is 3.14. The van der Waals surface area contributed by atoms with Crippen molar-refractivity contribution >= 4 is 10.8 Å². The first-order valence-electron chi connectivity index (χ1n) is 4.07. The van der Waals surface area contributed by atoms with Gasteiger partial charge in [-0.15, -0.1) is 0 Å². The second-order valence-electron chi connectivity index (χ2n) is 2.90. The Bertz CT molecular complexity index is 533. The Morgan fingerprint density at radius 3 is 2.86 bits per heavy atom. The molecule has 72 valence electrons. The first-order valence-corrected chi connectivity index (χ1v) is 4.07. The van der Waals surface area contributed by atoms with Gasteiger partial charge in [-0.1, -0.05) is 0 Å². The standard InChI is InChI=1S/C10H8FNO2/c1-14-9-5-6-4-7(11)2-3-8(6)10(13)12-9/h2-5H,1H3,(H,12,13). The normalized spacial score (nSPS) is 10.4. The highest BCUT2D eigenvalue weighted by Gasteiger charge is 2.02. The molecule has 2 aromatic rings. The number of aromatic nitrogens is 1. The number of halogens is 1. The highest BCUT2D eigenvalue weighted by Crippen LogP contribution is 2.15. The Morgan fingerprint density at radius 2 is 2.14 bits per heavy atom. The molecule has 0 spiro atoms. The molecule has 1 aromatic carbocycles. The van der Waals surface area contributed by atoms with Gasteiger partial charge in [-0.3, -0.25) is 9.78 Å². The van der Waals surface area contributed by atoms with Gasteiger partial charge in [0, 0.05) is 11.5 Å². The lowest BCUT2D eigenvalue weighted by Gasteiger charge is -2.01. The topological polar surface area (TPSA) is 42.1 Å². The summed E-state index contributed by atoms with van der Waals surface area (Å²) < 4.78 is 17.7. The highest BCUT2D eigenvalue weighted by atomic mass is 19.1. The third-order valence-electron chi connectivity index (χ3n) is 2.00. The summed E-state index contributed by atoms with van der Waals surface area (Å²) in [6, 6.07) is 5.58. The molecule has 0 aliphatic carbocycles. The van der Waals surface area contributed by atoms with E-state index in [9.17, 15) is 9.18 Å². The van der Waals surface area contributed by atoms with Crippen molar-refractivity contribution in [2.24, 2.45) is 0 Å². The van der Waals surface area contributed by atoms with Crippen molar-refractivity contribution in [3.63, 3.8) is 0 Å². The summed E-state index contributed by atoms with van der Waals surface area (Å²) in [6.45, 7) is 0. The molecule has 0 amide bonds. The maximum Gasteiger partial charge on any atom is 0.258 e. The van der Waals surface area contributed by atoms with Crippen LogP contribution in [0.15, 0.2) is 29.1 Å². The maximum atomic E-state index is 12.9. The van der Waals surface area contributed by atoms with E-state index in [1.54, 1.807) is 6.07 Å². The van der Waals surface area contributed by atoms with Crippen LogP contribution in [0.3, 0.4) is 0 Å². The zero-order chi connectivity index (χ0) is 10.1. The lowest BCUT2D eigenvalue weighted by atomic mass is 10.2. The SMILES string of the molecule is COc1cc2cc(F)ccc2c(=O)[nH]1. The Morgan fingerprint density at radius 1 is 1.36 bits per heavy atom. The van der Waals surface area contributed by atoms with E-state index >= 15 is 0 Å². The molecule has 1 heterocycles. The van der Waals surface area contributed by atoms with Crippen LogP contribution in [-0.2, 0) is 0 Å². The number of rotatable bonds is 1. The van der Waals surface area contributed by atoms with E-state index in [1.165, 1.54) is 25.3 Å². The predicted molar refractivity (Wildman–Crippen MR) is 51.1 cm³/mol. The fourth-order valence-corrected chi connectivity index (χ4v) is 1.33. The lowest BCUT2D eigenvalue weighted by Crippen LogP contribution is -2.07. The van der Waals surface area contributed by atoms with Crippen molar-refractivity contribution in [2.45, 2.75) is 0 Å². The van der Waals surface area contributed by atoms with Crippen LogP contribution in [0.2, 0.25) is 0 Å². The minimum Gasteiger partial charge on any atom is -0.482 e. The van der Waals surface area contributed by atoms with Gasteiger partial charge in [0.25, 0.3) is 5.56 Å². The van der Waals surface area contributed by atoms with Crippen molar-refractivity contribution < 1.29 is 9.13 Å². The molecule has 0 fully saturated rings. The molecule has 3 nitrogen and oxygen atoms in total. The van der Waals surface area contributed by atoms with Gasteiger partial charge in [-0.2, -0.15) is 0 Å². The molecule has 0 radical (unpaired) electrons. The summed E-state index contributed by atoms with van der Waals surface area (Å²) in [5.41, 5.74) is -0.278. The third kappa shape index (κ3) is 1.35. The van der Waals surface area contributed by atoms with Gasteiger partial charge in [0.2, 0.25) is 0 Å². The molecule has 0 bridgehead atoms. The third-order valence-corrected chi connectivity index (χ3v) is 2.00. The van der Waals surface area contributed by atoms with E-state index in [4.69, 9.17) is 4.74 Å². The molecule has 1 aromatic heterocycles.